The number of benzene rings is 10. The summed E-state index contributed by atoms with van der Waals surface area (Å²) in [6, 6.07) is 68.3. The van der Waals surface area contributed by atoms with Crippen LogP contribution in [0.1, 0.15) is 11.1 Å². The van der Waals surface area contributed by atoms with Gasteiger partial charge in [0.25, 0.3) is 0 Å². The summed E-state index contributed by atoms with van der Waals surface area (Å²) in [6.45, 7) is 0. The third kappa shape index (κ3) is 5.19. The molecule has 1 nitrogen and oxygen atoms in total. The summed E-state index contributed by atoms with van der Waals surface area (Å²) < 4.78 is 0. The van der Waals surface area contributed by atoms with Gasteiger partial charge in [-0.15, -0.1) is 0 Å². The van der Waals surface area contributed by atoms with E-state index in [0.29, 0.717) is 0 Å². The molecule has 0 amide bonds. The Bertz CT molecular complexity index is 3020. The molecule has 12 rings (SSSR count). The van der Waals surface area contributed by atoms with Crippen molar-refractivity contribution in [1.29, 1.82) is 0 Å². The quantitative estimate of drug-likeness (QED) is 0.166. The molecule has 2 heterocycles. The lowest BCUT2D eigenvalue weighted by molar-refractivity contribution is 1.09. The summed E-state index contributed by atoms with van der Waals surface area (Å²) in [5, 5.41) is 13.1. The van der Waals surface area contributed by atoms with E-state index in [1.165, 1.54) is 102 Å². The van der Waals surface area contributed by atoms with Gasteiger partial charge in [0.15, 0.2) is 0 Å². The highest BCUT2D eigenvalue weighted by Crippen LogP contribution is 2.56. The van der Waals surface area contributed by atoms with Gasteiger partial charge in [0.1, 0.15) is 0 Å². The maximum Gasteiger partial charge on any atom is 0.0679 e. The van der Waals surface area contributed by atoms with Crippen molar-refractivity contribution in [2.24, 2.45) is 0 Å². The molecule has 0 aliphatic carbocycles. The van der Waals surface area contributed by atoms with Gasteiger partial charge in [0, 0.05) is 37.1 Å². The van der Waals surface area contributed by atoms with Crippen molar-refractivity contribution in [3.05, 3.63) is 199 Å². The van der Waals surface area contributed by atoms with Gasteiger partial charge >= 0.3 is 0 Å². The molecule has 0 aromatic heterocycles. The van der Waals surface area contributed by atoms with Gasteiger partial charge in [-0.1, -0.05) is 181 Å². The average Bonchev–Trinajstić information content (AvgIpc) is 3.25. The Morgan fingerprint density at radius 3 is 1.61 bits per heavy atom. The Morgan fingerprint density at radius 2 is 0.870 bits per heavy atom. The fourth-order valence-electron chi connectivity index (χ4n) is 8.32. The largest absolute Gasteiger partial charge is 0.308 e. The first-order chi connectivity index (χ1) is 26.8. The molecular weight excluding hydrogens is 691 g/mol. The predicted molar refractivity (Wildman–Crippen MR) is 233 cm³/mol. The minimum absolute atomic E-state index is 1.03. The highest BCUT2D eigenvalue weighted by Gasteiger charge is 2.28. The number of hydrogen-bond acceptors (Lipinski definition) is 3. The van der Waals surface area contributed by atoms with Crippen LogP contribution in [-0.4, -0.2) is 0 Å². The van der Waals surface area contributed by atoms with E-state index in [9.17, 15) is 0 Å². The molecule has 0 spiro atoms. The lowest BCUT2D eigenvalue weighted by atomic mass is 9.96. The van der Waals surface area contributed by atoms with Crippen molar-refractivity contribution in [1.82, 2.24) is 0 Å². The first kappa shape index (κ1) is 31.5. The Balaban J connectivity index is 0.000000135. The van der Waals surface area contributed by atoms with Crippen LogP contribution in [0.4, 0.5) is 17.1 Å². The standard InChI is InChI=1S/C30H19NS.C21H14S/c1-2-10-23-19-24(16-13-20(23)7-1)31-27-17-14-22-9-4-6-12-26(22)30(27)32-28-18-15-21-8-3-5-11-25(21)29(28)31;1-3-7-17-14(5-1)11-12-20-19(17)13-16-10-9-15-6-2-4-8-18(15)21(16)22-20/h1-19H;1-12H,13H2. The van der Waals surface area contributed by atoms with Crippen molar-refractivity contribution in [3.63, 3.8) is 0 Å². The minimum Gasteiger partial charge on any atom is -0.308 e. The Hall–Kier alpha value is -6.00. The maximum absolute atomic E-state index is 2.46. The van der Waals surface area contributed by atoms with Crippen LogP contribution in [0.5, 0.6) is 0 Å². The molecule has 0 atom stereocenters. The summed E-state index contributed by atoms with van der Waals surface area (Å²) >= 11 is 3.81. The normalized spacial score (nSPS) is 12.9. The first-order valence-corrected chi connectivity index (χ1v) is 20.1. The molecule has 0 saturated carbocycles. The number of rotatable bonds is 1. The molecule has 0 N–H and O–H groups in total. The SMILES string of the molecule is c1ccc2c3c(ccc2c1)Sc1c(ccc2ccccc12)C3.c1ccc2cc(N3c4ccc5ccccc5c4Sc4ccc5ccccc5c43)ccc2c1. The molecule has 0 saturated heterocycles. The van der Waals surface area contributed by atoms with Crippen molar-refractivity contribution < 1.29 is 0 Å². The Morgan fingerprint density at radius 1 is 0.370 bits per heavy atom. The fourth-order valence-corrected chi connectivity index (χ4v) is 10.8. The van der Waals surface area contributed by atoms with E-state index < -0.39 is 0 Å². The topological polar surface area (TPSA) is 3.24 Å². The monoisotopic (exact) mass is 723 g/mol. The third-order valence-electron chi connectivity index (χ3n) is 10.9. The second-order valence-electron chi connectivity index (χ2n) is 14.1. The van der Waals surface area contributed by atoms with Crippen molar-refractivity contribution in [2.45, 2.75) is 26.0 Å². The maximum atomic E-state index is 2.46. The second kappa shape index (κ2) is 12.8. The Kier molecular flexibility index (Phi) is 7.50. The van der Waals surface area contributed by atoms with Crippen LogP contribution in [0.3, 0.4) is 0 Å². The number of anilines is 3. The molecule has 254 valence electrons. The van der Waals surface area contributed by atoms with Gasteiger partial charge in [0.2, 0.25) is 0 Å². The zero-order chi connectivity index (χ0) is 35.6. The molecule has 10 aromatic carbocycles. The highest BCUT2D eigenvalue weighted by atomic mass is 32.2. The molecular formula is C51H33NS2. The van der Waals surface area contributed by atoms with E-state index in [1.807, 2.05) is 23.5 Å². The second-order valence-corrected chi connectivity index (χ2v) is 16.2. The third-order valence-corrected chi connectivity index (χ3v) is 13.4. The van der Waals surface area contributed by atoms with E-state index in [-0.39, 0.29) is 0 Å². The van der Waals surface area contributed by atoms with Crippen molar-refractivity contribution >= 4 is 94.4 Å². The van der Waals surface area contributed by atoms with Gasteiger partial charge in [-0.3, -0.25) is 0 Å². The van der Waals surface area contributed by atoms with Gasteiger partial charge in [-0.25, -0.2) is 0 Å². The van der Waals surface area contributed by atoms with E-state index in [4.69, 9.17) is 0 Å². The Labute approximate surface area is 322 Å². The first-order valence-electron chi connectivity index (χ1n) is 18.5. The van der Waals surface area contributed by atoms with Gasteiger partial charge in [-0.05, 0) is 89.9 Å². The van der Waals surface area contributed by atoms with Gasteiger partial charge in [-0.2, -0.15) is 0 Å². The van der Waals surface area contributed by atoms with E-state index in [0.717, 1.165) is 6.42 Å². The molecule has 2 aliphatic rings. The lowest BCUT2D eigenvalue weighted by Gasteiger charge is -2.34. The molecule has 54 heavy (non-hydrogen) atoms. The average molecular weight is 724 g/mol. The number of nitrogens with zero attached hydrogens (tertiary/aromatic N) is 1. The zero-order valence-corrected chi connectivity index (χ0v) is 31.0. The summed E-state index contributed by atoms with van der Waals surface area (Å²) in [4.78, 5) is 7.91. The van der Waals surface area contributed by atoms with Crippen LogP contribution in [0.15, 0.2) is 208 Å². The van der Waals surface area contributed by atoms with Crippen LogP contribution < -0.4 is 4.90 Å². The summed E-state index contributed by atoms with van der Waals surface area (Å²) in [5.41, 5.74) is 6.63. The molecule has 3 heteroatoms. The van der Waals surface area contributed by atoms with Crippen molar-refractivity contribution in [3.8, 4) is 0 Å². The van der Waals surface area contributed by atoms with E-state index in [1.54, 1.807) is 0 Å². The number of hydrogen-bond donors (Lipinski definition) is 0. The summed E-state index contributed by atoms with van der Waals surface area (Å²) in [7, 11) is 0. The molecule has 10 aromatic rings. The van der Waals surface area contributed by atoms with Crippen LogP contribution in [0.25, 0.3) is 53.9 Å². The minimum atomic E-state index is 1.03. The molecule has 2 aliphatic heterocycles. The van der Waals surface area contributed by atoms with Crippen LogP contribution in [0, 0.1) is 0 Å². The molecule has 0 fully saturated rings. The van der Waals surface area contributed by atoms with Crippen LogP contribution in [-0.2, 0) is 6.42 Å². The van der Waals surface area contributed by atoms with E-state index in [2.05, 4.69) is 193 Å². The van der Waals surface area contributed by atoms with E-state index >= 15 is 0 Å². The van der Waals surface area contributed by atoms with Crippen LogP contribution in [0.2, 0.25) is 0 Å². The highest BCUT2D eigenvalue weighted by molar-refractivity contribution is 8.00. The summed E-state index contributed by atoms with van der Waals surface area (Å²) in [6.07, 6.45) is 1.03. The van der Waals surface area contributed by atoms with Crippen molar-refractivity contribution in [2.75, 3.05) is 4.90 Å². The van der Waals surface area contributed by atoms with Crippen LogP contribution >= 0.6 is 23.5 Å². The molecule has 0 bridgehead atoms. The fraction of sp³-hybridized carbons (Fsp3) is 0.0196. The number of fused-ring (bicyclic) bond motifs is 13. The predicted octanol–water partition coefficient (Wildman–Crippen LogP) is 15.1. The smallest absolute Gasteiger partial charge is 0.0679 e. The van der Waals surface area contributed by atoms with Gasteiger partial charge < -0.3 is 4.90 Å². The lowest BCUT2D eigenvalue weighted by Crippen LogP contribution is -2.15. The van der Waals surface area contributed by atoms with Gasteiger partial charge in [0.05, 0.1) is 11.4 Å². The molecule has 0 unspecified atom stereocenters. The summed E-state index contributed by atoms with van der Waals surface area (Å²) in [5.74, 6) is 0. The molecule has 0 radical (unpaired) electrons. The zero-order valence-electron chi connectivity index (χ0n) is 29.4.